The van der Waals surface area contributed by atoms with Crippen molar-refractivity contribution in [3.8, 4) is 5.75 Å². The molecule has 0 aliphatic rings. The molecule has 0 amide bonds. The van der Waals surface area contributed by atoms with Gasteiger partial charge in [0.05, 0.1) is 12.0 Å². The van der Waals surface area contributed by atoms with E-state index in [1.54, 1.807) is 0 Å². The highest BCUT2D eigenvalue weighted by molar-refractivity contribution is 7.86. The second-order valence-corrected chi connectivity index (χ2v) is 3.87. The largest absolute Gasteiger partial charge is 0.497 e. The molecule has 1 rings (SSSR count). The molecule has 0 saturated carbocycles. The van der Waals surface area contributed by atoms with Crippen molar-refractivity contribution < 1.29 is 22.1 Å². The molecule has 0 heterocycles. The van der Waals surface area contributed by atoms with Crippen molar-refractivity contribution in [2.45, 2.75) is 10.4 Å². The molecule has 0 radical (unpaired) electrons. The Morgan fingerprint density at radius 1 is 1.36 bits per heavy atom. The standard InChI is InChI=1S/C8H7F3O2S/c1-13-6-3-2-4-7(5-6)14(12)8(9,10)11/h2-5H,1H3. The van der Waals surface area contributed by atoms with Crippen LogP contribution in [0.3, 0.4) is 0 Å². The first-order valence-electron chi connectivity index (χ1n) is 3.58. The van der Waals surface area contributed by atoms with Crippen LogP contribution in [0.4, 0.5) is 13.2 Å². The fraction of sp³-hybridized carbons (Fsp3) is 0.250. The lowest BCUT2D eigenvalue weighted by Crippen LogP contribution is -2.16. The van der Waals surface area contributed by atoms with Crippen LogP contribution in [-0.2, 0) is 10.8 Å². The first-order chi connectivity index (χ1) is 6.45. The molecular formula is C8H7F3O2S. The first kappa shape index (κ1) is 11.0. The number of ether oxygens (including phenoxy) is 1. The lowest BCUT2D eigenvalue weighted by molar-refractivity contribution is -0.0384. The molecule has 0 saturated heterocycles. The van der Waals surface area contributed by atoms with Crippen molar-refractivity contribution >= 4 is 10.8 Å². The Hall–Kier alpha value is -1.04. The topological polar surface area (TPSA) is 26.3 Å². The third-order valence-corrected chi connectivity index (χ3v) is 2.57. The second-order valence-electron chi connectivity index (χ2n) is 2.39. The summed E-state index contributed by atoms with van der Waals surface area (Å²) in [4.78, 5) is -0.308. The predicted molar refractivity (Wildman–Crippen MR) is 45.5 cm³/mol. The lowest BCUT2D eigenvalue weighted by Gasteiger charge is -2.06. The van der Waals surface area contributed by atoms with Crippen LogP contribution in [0.1, 0.15) is 0 Å². The molecule has 0 spiro atoms. The molecule has 1 aromatic rings. The minimum atomic E-state index is -4.73. The van der Waals surface area contributed by atoms with Crippen LogP contribution in [0, 0.1) is 0 Å². The summed E-state index contributed by atoms with van der Waals surface area (Å²) in [6.07, 6.45) is 0. The Bertz CT molecular complexity index is 349. The Labute approximate surface area is 81.1 Å². The number of hydrogen-bond donors (Lipinski definition) is 0. The highest BCUT2D eigenvalue weighted by Gasteiger charge is 2.38. The van der Waals surface area contributed by atoms with E-state index < -0.39 is 16.3 Å². The van der Waals surface area contributed by atoms with Gasteiger partial charge in [0.25, 0.3) is 0 Å². The number of benzene rings is 1. The summed E-state index contributed by atoms with van der Waals surface area (Å²) >= 11 is 0. The van der Waals surface area contributed by atoms with Crippen LogP contribution < -0.4 is 4.74 Å². The highest BCUT2D eigenvalue weighted by atomic mass is 32.2. The lowest BCUT2D eigenvalue weighted by atomic mass is 10.3. The Morgan fingerprint density at radius 2 is 2.00 bits per heavy atom. The Morgan fingerprint density at radius 3 is 2.50 bits per heavy atom. The van der Waals surface area contributed by atoms with Crippen molar-refractivity contribution in [1.82, 2.24) is 0 Å². The number of hydrogen-bond acceptors (Lipinski definition) is 2. The SMILES string of the molecule is COc1cccc(S(=O)C(F)(F)F)c1. The van der Waals surface area contributed by atoms with Crippen molar-refractivity contribution in [2.24, 2.45) is 0 Å². The Kier molecular flexibility index (Phi) is 3.15. The minimum Gasteiger partial charge on any atom is -0.497 e. The van der Waals surface area contributed by atoms with Crippen molar-refractivity contribution in [2.75, 3.05) is 7.11 Å². The van der Waals surface area contributed by atoms with Crippen LogP contribution in [0.25, 0.3) is 0 Å². The highest BCUT2D eigenvalue weighted by Crippen LogP contribution is 2.27. The summed E-state index contributed by atoms with van der Waals surface area (Å²) in [6.45, 7) is 0. The summed E-state index contributed by atoms with van der Waals surface area (Å²) in [5.74, 6) is 0.250. The van der Waals surface area contributed by atoms with Gasteiger partial charge in [-0.15, -0.1) is 0 Å². The van der Waals surface area contributed by atoms with Crippen molar-refractivity contribution in [3.63, 3.8) is 0 Å². The zero-order valence-electron chi connectivity index (χ0n) is 7.17. The van der Waals surface area contributed by atoms with Gasteiger partial charge in [0.15, 0.2) is 10.8 Å². The molecule has 0 aliphatic heterocycles. The van der Waals surface area contributed by atoms with Gasteiger partial charge >= 0.3 is 5.51 Å². The van der Waals surface area contributed by atoms with E-state index in [2.05, 4.69) is 0 Å². The van der Waals surface area contributed by atoms with E-state index in [4.69, 9.17) is 4.74 Å². The van der Waals surface area contributed by atoms with E-state index in [0.29, 0.717) is 0 Å². The van der Waals surface area contributed by atoms with E-state index >= 15 is 0 Å². The third-order valence-electron chi connectivity index (χ3n) is 1.47. The van der Waals surface area contributed by atoms with E-state index in [1.165, 1.54) is 19.2 Å². The maximum atomic E-state index is 12.0. The summed E-state index contributed by atoms with van der Waals surface area (Å²) < 4.78 is 51.7. The zero-order chi connectivity index (χ0) is 10.8. The normalized spacial score (nSPS) is 13.7. The molecule has 1 unspecified atom stereocenters. The van der Waals surface area contributed by atoms with Gasteiger partial charge in [-0.3, -0.25) is 0 Å². The van der Waals surface area contributed by atoms with E-state index in [0.717, 1.165) is 12.1 Å². The van der Waals surface area contributed by atoms with Crippen LogP contribution in [0.15, 0.2) is 29.2 Å². The molecule has 1 atom stereocenters. The van der Waals surface area contributed by atoms with Gasteiger partial charge in [-0.2, -0.15) is 13.2 Å². The molecule has 14 heavy (non-hydrogen) atoms. The Balaban J connectivity index is 3.02. The van der Waals surface area contributed by atoms with Crippen LogP contribution in [0.5, 0.6) is 5.75 Å². The summed E-state index contributed by atoms with van der Waals surface area (Å²) in [5, 5.41) is 0. The quantitative estimate of drug-likeness (QED) is 0.770. The van der Waals surface area contributed by atoms with Crippen LogP contribution in [0.2, 0.25) is 0 Å². The predicted octanol–water partition coefficient (Wildman–Crippen LogP) is 2.32. The monoisotopic (exact) mass is 224 g/mol. The molecule has 2 nitrogen and oxygen atoms in total. The molecule has 0 N–H and O–H groups in total. The molecule has 0 bridgehead atoms. The number of rotatable bonds is 2. The van der Waals surface area contributed by atoms with Crippen LogP contribution >= 0.6 is 0 Å². The third kappa shape index (κ3) is 2.47. The molecular weight excluding hydrogens is 217 g/mol. The molecule has 1 aromatic carbocycles. The smallest absolute Gasteiger partial charge is 0.475 e. The van der Waals surface area contributed by atoms with Gasteiger partial charge in [-0.05, 0) is 18.2 Å². The maximum absolute atomic E-state index is 12.0. The average molecular weight is 224 g/mol. The first-order valence-corrected chi connectivity index (χ1v) is 4.73. The molecule has 0 fully saturated rings. The summed E-state index contributed by atoms with van der Waals surface area (Å²) in [6, 6.07) is 5.09. The number of halogens is 3. The van der Waals surface area contributed by atoms with E-state index in [-0.39, 0.29) is 10.6 Å². The minimum absolute atomic E-state index is 0.250. The van der Waals surface area contributed by atoms with Gasteiger partial charge in [-0.25, -0.2) is 4.21 Å². The second kappa shape index (κ2) is 4.00. The van der Waals surface area contributed by atoms with Gasteiger partial charge in [0.1, 0.15) is 5.75 Å². The molecule has 0 aromatic heterocycles. The zero-order valence-corrected chi connectivity index (χ0v) is 7.98. The molecule has 78 valence electrons. The van der Waals surface area contributed by atoms with Crippen LogP contribution in [-0.4, -0.2) is 16.8 Å². The van der Waals surface area contributed by atoms with Gasteiger partial charge in [0.2, 0.25) is 0 Å². The summed E-state index contributed by atoms with van der Waals surface area (Å²) in [5.41, 5.74) is -4.73. The van der Waals surface area contributed by atoms with Gasteiger partial charge in [0, 0.05) is 0 Å². The van der Waals surface area contributed by atoms with E-state index in [1.807, 2.05) is 0 Å². The number of alkyl halides is 3. The van der Waals surface area contributed by atoms with Gasteiger partial charge < -0.3 is 4.74 Å². The molecule has 6 heteroatoms. The molecule has 0 aliphatic carbocycles. The number of methoxy groups -OCH3 is 1. The fourth-order valence-corrected chi connectivity index (χ4v) is 1.54. The van der Waals surface area contributed by atoms with Crippen molar-refractivity contribution in [3.05, 3.63) is 24.3 Å². The maximum Gasteiger partial charge on any atom is 0.475 e. The van der Waals surface area contributed by atoms with Crippen molar-refractivity contribution in [1.29, 1.82) is 0 Å². The average Bonchev–Trinajstić information content (AvgIpc) is 2.15. The van der Waals surface area contributed by atoms with Gasteiger partial charge in [-0.1, -0.05) is 6.07 Å². The summed E-state index contributed by atoms with van der Waals surface area (Å²) in [7, 11) is -1.66. The van der Waals surface area contributed by atoms with E-state index in [9.17, 15) is 17.4 Å². The fourth-order valence-electron chi connectivity index (χ4n) is 0.850.